The van der Waals surface area contributed by atoms with Gasteiger partial charge in [0.25, 0.3) is 0 Å². The second kappa shape index (κ2) is 9.49. The highest BCUT2D eigenvalue weighted by Crippen LogP contribution is 2.23. The van der Waals surface area contributed by atoms with Crippen LogP contribution in [-0.2, 0) is 17.9 Å². The van der Waals surface area contributed by atoms with Crippen LogP contribution >= 0.6 is 0 Å². The average molecular weight is 355 g/mol. The molecule has 0 radical (unpaired) electrons. The summed E-state index contributed by atoms with van der Waals surface area (Å²) in [6.07, 6.45) is 4.59. The van der Waals surface area contributed by atoms with Gasteiger partial charge in [-0.15, -0.1) is 0 Å². The average Bonchev–Trinajstić information content (AvgIpc) is 3.07. The SMILES string of the molecule is CC(=O)NCc1ccc(CN([NH3+])C(=O)N(C)C2CCCC2)cc1.[Cl-]. The van der Waals surface area contributed by atoms with Crippen LogP contribution in [0.25, 0.3) is 0 Å². The first-order chi connectivity index (χ1) is 11.0. The lowest BCUT2D eigenvalue weighted by atomic mass is 10.1. The molecule has 1 saturated carbocycles. The molecule has 1 aliphatic rings. The molecule has 0 bridgehead atoms. The fourth-order valence-electron chi connectivity index (χ4n) is 2.95. The number of nitrogens with one attached hydrogen (secondary N) is 1. The maximum atomic E-state index is 12.4. The van der Waals surface area contributed by atoms with Gasteiger partial charge in [-0.05, 0) is 24.0 Å². The van der Waals surface area contributed by atoms with Gasteiger partial charge in [0.2, 0.25) is 5.91 Å². The molecule has 134 valence electrons. The Hall–Kier alpha value is -1.79. The van der Waals surface area contributed by atoms with E-state index in [-0.39, 0.29) is 24.3 Å². The van der Waals surface area contributed by atoms with Crippen LogP contribution in [0, 0.1) is 0 Å². The van der Waals surface area contributed by atoms with Crippen molar-refractivity contribution in [3.63, 3.8) is 0 Å². The van der Waals surface area contributed by atoms with E-state index in [1.165, 1.54) is 24.8 Å². The van der Waals surface area contributed by atoms with E-state index in [1.54, 1.807) is 0 Å². The minimum Gasteiger partial charge on any atom is -1.00 e. The monoisotopic (exact) mass is 354 g/mol. The smallest absolute Gasteiger partial charge is 0.364 e. The zero-order valence-electron chi connectivity index (χ0n) is 14.4. The summed E-state index contributed by atoms with van der Waals surface area (Å²) in [5.41, 5.74) is 2.06. The third-order valence-corrected chi connectivity index (χ3v) is 4.38. The van der Waals surface area contributed by atoms with Crippen LogP contribution in [0.3, 0.4) is 0 Å². The minimum absolute atomic E-state index is 0. The molecule has 1 aliphatic carbocycles. The maximum Gasteiger partial charge on any atom is 0.364 e. The molecule has 7 heteroatoms. The number of carbonyl (C=O) groups excluding carboxylic acids is 2. The van der Waals surface area contributed by atoms with E-state index < -0.39 is 0 Å². The van der Waals surface area contributed by atoms with E-state index >= 15 is 0 Å². The molecule has 24 heavy (non-hydrogen) atoms. The molecule has 2 rings (SSSR count). The van der Waals surface area contributed by atoms with Crippen molar-refractivity contribution in [2.45, 2.75) is 51.7 Å². The molecule has 3 amide bonds. The molecular weight excluding hydrogens is 328 g/mol. The van der Waals surface area contributed by atoms with Crippen LogP contribution in [0.4, 0.5) is 4.79 Å². The van der Waals surface area contributed by atoms with Gasteiger partial charge in [0.05, 0.1) is 6.54 Å². The van der Waals surface area contributed by atoms with Gasteiger partial charge in [0.15, 0.2) is 0 Å². The van der Waals surface area contributed by atoms with Crippen LogP contribution in [0.15, 0.2) is 24.3 Å². The summed E-state index contributed by atoms with van der Waals surface area (Å²) in [6, 6.07) is 8.19. The van der Waals surface area contributed by atoms with E-state index in [4.69, 9.17) is 0 Å². The number of hydrogen-bond acceptors (Lipinski definition) is 2. The number of hydrogen-bond donors (Lipinski definition) is 2. The summed E-state index contributed by atoms with van der Waals surface area (Å²) in [7, 11) is 1.87. The van der Waals surface area contributed by atoms with Crippen LogP contribution < -0.4 is 23.6 Å². The summed E-state index contributed by atoms with van der Waals surface area (Å²) in [5.74, 6) is 3.85. The van der Waals surface area contributed by atoms with Gasteiger partial charge in [0, 0.05) is 26.6 Å². The van der Waals surface area contributed by atoms with E-state index in [9.17, 15) is 9.59 Å². The normalized spacial score (nSPS) is 14.0. The standard InChI is InChI=1S/C17H26N4O2.ClH/c1-13(22)19-11-14-7-9-15(10-8-14)12-21(18)17(23)20(2)16-5-3-4-6-16;/h7-10,16H,3-6,11-12,18H2,1-2H3,(H,19,22);1H. The lowest BCUT2D eigenvalue weighted by molar-refractivity contribution is -0.553. The molecule has 4 N–H and O–H groups in total. The molecule has 0 aromatic heterocycles. The summed E-state index contributed by atoms with van der Waals surface area (Å²) >= 11 is 0. The van der Waals surface area contributed by atoms with Gasteiger partial charge in [0.1, 0.15) is 0 Å². The molecule has 0 atom stereocenters. The number of rotatable bonds is 5. The molecular formula is C17H27ClN4O2. The zero-order chi connectivity index (χ0) is 16.8. The van der Waals surface area contributed by atoms with Gasteiger partial charge in [-0.25, -0.2) is 4.79 Å². The van der Waals surface area contributed by atoms with Crippen molar-refractivity contribution in [3.05, 3.63) is 35.4 Å². The van der Waals surface area contributed by atoms with Crippen molar-refractivity contribution in [2.75, 3.05) is 7.05 Å². The third-order valence-electron chi connectivity index (χ3n) is 4.38. The Morgan fingerprint density at radius 2 is 1.71 bits per heavy atom. The largest absolute Gasteiger partial charge is 1.00 e. The Bertz CT molecular complexity index is 544. The number of quaternary nitrogens is 1. The van der Waals surface area contributed by atoms with Crippen molar-refractivity contribution < 1.29 is 27.8 Å². The number of urea groups is 1. The number of amides is 3. The van der Waals surface area contributed by atoms with Gasteiger partial charge < -0.3 is 22.6 Å². The van der Waals surface area contributed by atoms with Gasteiger partial charge in [-0.1, -0.05) is 37.1 Å². The Labute approximate surface area is 149 Å². The molecule has 1 fully saturated rings. The Kier molecular flexibility index (Phi) is 8.01. The molecule has 1 aromatic carbocycles. The van der Waals surface area contributed by atoms with Crippen molar-refractivity contribution in [1.29, 1.82) is 0 Å². The van der Waals surface area contributed by atoms with E-state index in [2.05, 4.69) is 11.2 Å². The molecule has 1 aromatic rings. The Morgan fingerprint density at radius 1 is 1.17 bits per heavy atom. The topological polar surface area (TPSA) is 80.3 Å². The molecule has 0 spiro atoms. The van der Waals surface area contributed by atoms with E-state index in [0.717, 1.165) is 24.0 Å². The lowest BCUT2D eigenvalue weighted by Gasteiger charge is -2.27. The highest BCUT2D eigenvalue weighted by atomic mass is 35.5. The summed E-state index contributed by atoms with van der Waals surface area (Å²) in [4.78, 5) is 25.2. The van der Waals surface area contributed by atoms with E-state index in [1.807, 2.05) is 36.2 Å². The van der Waals surface area contributed by atoms with E-state index in [0.29, 0.717) is 19.1 Å². The molecule has 0 heterocycles. The second-order valence-electron chi connectivity index (χ2n) is 6.26. The van der Waals surface area contributed by atoms with Crippen molar-refractivity contribution in [3.8, 4) is 0 Å². The first kappa shape index (κ1) is 20.3. The van der Waals surface area contributed by atoms with Crippen LogP contribution in [0.5, 0.6) is 0 Å². The molecule has 0 unspecified atom stereocenters. The number of benzene rings is 1. The van der Waals surface area contributed by atoms with Crippen molar-refractivity contribution in [1.82, 2.24) is 15.2 Å². The molecule has 0 saturated heterocycles. The summed E-state index contributed by atoms with van der Waals surface area (Å²) < 4.78 is 0. The fourth-order valence-corrected chi connectivity index (χ4v) is 2.95. The van der Waals surface area contributed by atoms with Crippen molar-refractivity contribution in [2.24, 2.45) is 0 Å². The predicted octanol–water partition coefficient (Wildman–Crippen LogP) is -1.72. The van der Waals surface area contributed by atoms with Gasteiger partial charge in [-0.3, -0.25) is 10.6 Å². The highest BCUT2D eigenvalue weighted by molar-refractivity contribution is 5.73. The zero-order valence-corrected chi connectivity index (χ0v) is 15.2. The number of nitrogens with zero attached hydrogens (tertiary/aromatic N) is 2. The third kappa shape index (κ3) is 5.69. The van der Waals surface area contributed by atoms with Crippen LogP contribution in [-0.4, -0.2) is 34.9 Å². The van der Waals surface area contributed by atoms with Gasteiger partial charge >= 0.3 is 6.03 Å². The summed E-state index contributed by atoms with van der Waals surface area (Å²) in [5, 5.41) is 4.28. The quantitative estimate of drug-likeness (QED) is 0.617. The predicted molar refractivity (Wildman–Crippen MR) is 87.8 cm³/mol. The second-order valence-corrected chi connectivity index (χ2v) is 6.26. The van der Waals surface area contributed by atoms with Crippen LogP contribution in [0.1, 0.15) is 43.7 Å². The lowest BCUT2D eigenvalue weighted by Crippen LogP contribution is -3.00. The number of halogens is 1. The Morgan fingerprint density at radius 3 is 2.25 bits per heavy atom. The molecule has 0 aliphatic heterocycles. The van der Waals surface area contributed by atoms with Crippen molar-refractivity contribution >= 4 is 11.9 Å². The fraction of sp³-hybridized carbons (Fsp3) is 0.529. The van der Waals surface area contributed by atoms with Crippen LogP contribution in [0.2, 0.25) is 0 Å². The van der Waals surface area contributed by atoms with Gasteiger partial charge in [-0.2, -0.15) is 5.01 Å². The first-order valence-corrected chi connectivity index (χ1v) is 8.14. The Balaban J connectivity index is 0.00000288. The number of carbonyl (C=O) groups is 2. The first-order valence-electron chi connectivity index (χ1n) is 8.14. The minimum atomic E-state index is -0.0430. The summed E-state index contributed by atoms with van der Waals surface area (Å²) in [6.45, 7) is 2.50. The maximum absolute atomic E-state index is 12.4. The highest BCUT2D eigenvalue weighted by Gasteiger charge is 2.27. The molecule has 6 nitrogen and oxygen atoms in total.